The predicted molar refractivity (Wildman–Crippen MR) is 187 cm³/mol. The summed E-state index contributed by atoms with van der Waals surface area (Å²) in [6.45, 7) is 8.95. The van der Waals surface area contributed by atoms with Crippen molar-refractivity contribution in [3.8, 4) is 5.75 Å². The number of nitrogens with zero attached hydrogens (tertiary/aromatic N) is 7. The van der Waals surface area contributed by atoms with Crippen LogP contribution in [0.15, 0.2) is 85.2 Å². The Bertz CT molecular complexity index is 1790. The highest BCUT2D eigenvalue weighted by molar-refractivity contribution is 6.01. The standard InChI is InChI=1S/C35H40N8O6/c1-35(2,3)49-34(45)42(29-15-14-26(21-30(29)48-5)40-18-16-39(4)17-19-40)32-22-31(37-24-38-32)41(27-12-9-13-28(20-27)43(46)47)33(44)36-23-25-10-7-6-8-11-25/h6-15,20-22,24H,16-19,23H2,1-5H3,(H,36,44). The average Bonchev–Trinajstić information content (AvgIpc) is 3.08. The first-order valence-electron chi connectivity index (χ1n) is 15.8. The van der Waals surface area contributed by atoms with Crippen molar-refractivity contribution in [1.82, 2.24) is 20.2 Å². The van der Waals surface area contributed by atoms with E-state index in [2.05, 4.69) is 32.1 Å². The molecule has 1 fully saturated rings. The smallest absolute Gasteiger partial charge is 0.420 e. The van der Waals surface area contributed by atoms with E-state index in [9.17, 15) is 19.7 Å². The molecule has 256 valence electrons. The van der Waals surface area contributed by atoms with Crippen LogP contribution in [0.25, 0.3) is 0 Å². The number of hydrogen-bond acceptors (Lipinski definition) is 10. The molecule has 3 aromatic carbocycles. The molecule has 0 unspecified atom stereocenters. The number of rotatable bonds is 9. The predicted octanol–water partition coefficient (Wildman–Crippen LogP) is 6.27. The lowest BCUT2D eigenvalue weighted by Crippen LogP contribution is -2.44. The van der Waals surface area contributed by atoms with E-state index in [-0.39, 0.29) is 29.6 Å². The minimum absolute atomic E-state index is 0.0534. The van der Waals surface area contributed by atoms with Crippen LogP contribution in [0.4, 0.5) is 44.0 Å². The molecule has 1 N–H and O–H groups in total. The molecule has 0 atom stereocenters. The van der Waals surface area contributed by atoms with Crippen molar-refractivity contribution in [1.29, 1.82) is 0 Å². The quantitative estimate of drug-likeness (QED) is 0.160. The molecule has 49 heavy (non-hydrogen) atoms. The van der Waals surface area contributed by atoms with E-state index in [0.29, 0.717) is 11.4 Å². The molecule has 1 aliphatic heterocycles. The van der Waals surface area contributed by atoms with Gasteiger partial charge in [0, 0.05) is 62.7 Å². The summed E-state index contributed by atoms with van der Waals surface area (Å²) < 4.78 is 11.6. The van der Waals surface area contributed by atoms with Gasteiger partial charge in [0.2, 0.25) is 0 Å². The number of benzene rings is 3. The number of methoxy groups -OCH3 is 1. The molecular weight excluding hydrogens is 628 g/mol. The van der Waals surface area contributed by atoms with E-state index >= 15 is 0 Å². The highest BCUT2D eigenvalue weighted by Gasteiger charge is 2.31. The molecule has 5 rings (SSSR count). The van der Waals surface area contributed by atoms with Gasteiger partial charge in [0.25, 0.3) is 5.69 Å². The summed E-state index contributed by atoms with van der Waals surface area (Å²) in [4.78, 5) is 54.6. The average molecular weight is 669 g/mol. The monoisotopic (exact) mass is 668 g/mol. The number of nitro groups is 1. The van der Waals surface area contributed by atoms with Crippen molar-refractivity contribution in [2.45, 2.75) is 32.9 Å². The van der Waals surface area contributed by atoms with E-state index in [1.165, 1.54) is 47.5 Å². The Morgan fingerprint density at radius 3 is 2.27 bits per heavy atom. The first-order chi connectivity index (χ1) is 23.4. The van der Waals surface area contributed by atoms with Crippen LogP contribution >= 0.6 is 0 Å². The molecule has 2 heterocycles. The Hall–Kier alpha value is -5.76. The normalized spacial score (nSPS) is 13.4. The van der Waals surface area contributed by atoms with Gasteiger partial charge in [0.05, 0.1) is 23.4 Å². The number of ether oxygens (including phenoxy) is 2. The SMILES string of the molecule is COc1cc(N2CCN(C)CC2)ccc1N(C(=O)OC(C)(C)C)c1cc(N(C(=O)NCc2ccccc2)c2cccc([N+](=O)[O-])c2)ncn1. The number of aromatic nitrogens is 2. The van der Waals surface area contributed by atoms with E-state index < -0.39 is 22.6 Å². The van der Waals surface area contributed by atoms with Crippen LogP contribution in [-0.4, -0.2) is 77.9 Å². The van der Waals surface area contributed by atoms with Gasteiger partial charge in [-0.3, -0.25) is 10.1 Å². The first-order valence-corrected chi connectivity index (χ1v) is 15.8. The molecule has 14 heteroatoms. The van der Waals surface area contributed by atoms with Crippen LogP contribution in [0.2, 0.25) is 0 Å². The molecule has 0 aliphatic carbocycles. The Morgan fingerprint density at radius 2 is 1.61 bits per heavy atom. The number of hydrogen-bond donors (Lipinski definition) is 1. The molecule has 3 amide bonds. The highest BCUT2D eigenvalue weighted by atomic mass is 16.6. The third kappa shape index (κ3) is 8.59. The number of urea groups is 1. The summed E-state index contributed by atoms with van der Waals surface area (Å²) in [6, 6.07) is 21.3. The zero-order valence-corrected chi connectivity index (χ0v) is 28.2. The molecule has 1 aliphatic rings. The number of non-ortho nitro benzene ring substituents is 1. The maximum atomic E-state index is 13.9. The molecule has 4 aromatic rings. The summed E-state index contributed by atoms with van der Waals surface area (Å²) in [5.74, 6) is 0.535. The maximum Gasteiger partial charge on any atom is 0.420 e. The van der Waals surface area contributed by atoms with Gasteiger partial charge in [-0.2, -0.15) is 0 Å². The zero-order valence-electron chi connectivity index (χ0n) is 28.2. The Kier molecular flexibility index (Phi) is 10.6. The number of anilines is 5. The van der Waals surface area contributed by atoms with Crippen LogP contribution in [0.5, 0.6) is 5.75 Å². The molecule has 14 nitrogen and oxygen atoms in total. The maximum absolute atomic E-state index is 13.9. The summed E-state index contributed by atoms with van der Waals surface area (Å²) >= 11 is 0. The minimum Gasteiger partial charge on any atom is -0.494 e. The van der Waals surface area contributed by atoms with E-state index in [1.807, 2.05) is 42.5 Å². The fraction of sp³-hybridized carbons (Fsp3) is 0.314. The fourth-order valence-electron chi connectivity index (χ4n) is 5.27. The Morgan fingerprint density at radius 1 is 0.918 bits per heavy atom. The second kappa shape index (κ2) is 15.0. The van der Waals surface area contributed by atoms with Crippen molar-refractivity contribution >= 4 is 46.5 Å². The van der Waals surface area contributed by atoms with Gasteiger partial charge in [-0.05, 0) is 51.6 Å². The molecule has 0 spiro atoms. The van der Waals surface area contributed by atoms with Crippen molar-refractivity contribution in [2.24, 2.45) is 0 Å². The Labute approximate surface area is 285 Å². The second-order valence-electron chi connectivity index (χ2n) is 12.5. The molecule has 0 bridgehead atoms. The lowest BCUT2D eigenvalue weighted by atomic mass is 10.2. The van der Waals surface area contributed by atoms with Crippen LogP contribution in [0, 0.1) is 10.1 Å². The lowest BCUT2D eigenvalue weighted by molar-refractivity contribution is -0.384. The van der Waals surface area contributed by atoms with E-state index in [0.717, 1.165) is 37.4 Å². The molecule has 1 saturated heterocycles. The van der Waals surface area contributed by atoms with Gasteiger partial charge >= 0.3 is 12.1 Å². The van der Waals surface area contributed by atoms with Gasteiger partial charge in [-0.15, -0.1) is 0 Å². The van der Waals surface area contributed by atoms with Crippen LogP contribution in [0.3, 0.4) is 0 Å². The summed E-state index contributed by atoms with van der Waals surface area (Å²) in [5.41, 5.74) is 1.25. The Balaban J connectivity index is 1.58. The van der Waals surface area contributed by atoms with Crippen molar-refractivity contribution < 1.29 is 24.0 Å². The summed E-state index contributed by atoms with van der Waals surface area (Å²) in [5, 5.41) is 14.5. The van der Waals surface area contributed by atoms with E-state index in [1.54, 1.807) is 32.9 Å². The number of carbonyl (C=O) groups excluding carboxylic acids is 2. The van der Waals surface area contributed by atoms with Crippen LogP contribution in [-0.2, 0) is 11.3 Å². The third-order valence-corrected chi connectivity index (χ3v) is 7.73. The van der Waals surface area contributed by atoms with Gasteiger partial charge in [0.1, 0.15) is 29.3 Å². The number of likely N-dealkylation sites (N-methyl/N-ethyl adjacent to an activating group) is 1. The highest BCUT2D eigenvalue weighted by Crippen LogP contribution is 2.39. The largest absolute Gasteiger partial charge is 0.494 e. The van der Waals surface area contributed by atoms with Gasteiger partial charge in [0.15, 0.2) is 0 Å². The summed E-state index contributed by atoms with van der Waals surface area (Å²) in [7, 11) is 3.61. The minimum atomic E-state index is -0.857. The number of nitro benzene ring substituents is 1. The van der Waals surface area contributed by atoms with Crippen molar-refractivity contribution in [3.63, 3.8) is 0 Å². The van der Waals surface area contributed by atoms with Crippen LogP contribution < -0.4 is 24.8 Å². The van der Waals surface area contributed by atoms with Gasteiger partial charge in [-0.1, -0.05) is 36.4 Å². The van der Waals surface area contributed by atoms with Gasteiger partial charge in [-0.25, -0.2) is 29.4 Å². The van der Waals surface area contributed by atoms with Gasteiger partial charge < -0.3 is 24.6 Å². The molecule has 1 aromatic heterocycles. The molecule has 0 saturated carbocycles. The fourth-order valence-corrected chi connectivity index (χ4v) is 5.27. The van der Waals surface area contributed by atoms with Crippen LogP contribution in [0.1, 0.15) is 26.3 Å². The lowest BCUT2D eigenvalue weighted by Gasteiger charge is -2.34. The molecular formula is C35H40N8O6. The number of amides is 3. The number of nitrogens with one attached hydrogen (secondary N) is 1. The topological polar surface area (TPSA) is 147 Å². The third-order valence-electron chi connectivity index (χ3n) is 7.73. The number of piperazine rings is 1. The summed E-state index contributed by atoms with van der Waals surface area (Å²) in [6.07, 6.45) is 0.473. The van der Waals surface area contributed by atoms with E-state index in [4.69, 9.17) is 9.47 Å². The number of carbonyl (C=O) groups is 2. The van der Waals surface area contributed by atoms with Crippen molar-refractivity contribution in [3.05, 3.63) is 101 Å². The second-order valence-corrected chi connectivity index (χ2v) is 12.5. The zero-order chi connectivity index (χ0) is 35.1. The van der Waals surface area contributed by atoms with Crippen molar-refractivity contribution in [2.75, 3.05) is 55.0 Å². The molecule has 0 radical (unpaired) electrons. The first kappa shape index (κ1) is 34.6.